The SMILES string of the molecule is CC(C)CSNC1CCCCC1.Nc1nc(N)c(C(=O)c2c(Cl)cccc2Cl)s1. The lowest BCUT2D eigenvalue weighted by atomic mass is 9.96. The van der Waals surface area contributed by atoms with Gasteiger partial charge in [-0.25, -0.2) is 4.98 Å². The molecule has 1 heterocycles. The zero-order valence-electron chi connectivity index (χ0n) is 16.7. The Bertz CT molecular complexity index is 788. The van der Waals surface area contributed by atoms with E-state index in [4.69, 9.17) is 34.7 Å². The maximum absolute atomic E-state index is 12.2. The van der Waals surface area contributed by atoms with E-state index in [1.54, 1.807) is 18.2 Å². The quantitative estimate of drug-likeness (QED) is 0.347. The van der Waals surface area contributed by atoms with Gasteiger partial charge in [-0.3, -0.25) is 9.52 Å². The molecule has 1 aromatic carbocycles. The molecule has 0 bridgehead atoms. The van der Waals surface area contributed by atoms with E-state index in [-0.39, 0.29) is 37.2 Å². The summed E-state index contributed by atoms with van der Waals surface area (Å²) >= 11 is 14.8. The number of carbonyl (C=O) groups excluding carboxylic acids is 1. The Morgan fingerprint density at radius 2 is 1.86 bits per heavy atom. The second-order valence-electron chi connectivity index (χ2n) is 7.35. The van der Waals surface area contributed by atoms with Gasteiger partial charge < -0.3 is 11.5 Å². The van der Waals surface area contributed by atoms with Crippen LogP contribution in [0.15, 0.2) is 18.2 Å². The summed E-state index contributed by atoms with van der Waals surface area (Å²) in [5.74, 6) is 1.78. The van der Waals surface area contributed by atoms with Crippen LogP contribution in [0.2, 0.25) is 10.0 Å². The average Bonchev–Trinajstić information content (AvgIpc) is 3.01. The Kier molecular flexibility index (Phi) is 10.1. The zero-order valence-corrected chi connectivity index (χ0v) is 19.9. The number of halogens is 2. The number of nitrogens with one attached hydrogen (secondary N) is 1. The summed E-state index contributed by atoms with van der Waals surface area (Å²) < 4.78 is 3.57. The highest BCUT2D eigenvalue weighted by Gasteiger charge is 2.21. The standard InChI is InChI=1S/C10H7Cl2N3OS.C10H21NS/c11-4-2-1-3-5(12)6(4)7(16)8-9(13)15-10(14)17-8;1-9(2)8-12-11-10-6-4-3-5-7-10/h1-3H,13H2,(H2,14,15);9-11H,3-8H2,1-2H3. The molecule has 0 amide bonds. The summed E-state index contributed by atoms with van der Waals surface area (Å²) in [5, 5.41) is 0.775. The first-order valence-corrected chi connectivity index (χ1v) is 12.2. The van der Waals surface area contributed by atoms with Gasteiger partial charge >= 0.3 is 0 Å². The second kappa shape index (κ2) is 12.0. The van der Waals surface area contributed by atoms with Crippen molar-refractivity contribution >= 4 is 63.2 Å². The molecule has 0 spiro atoms. The molecule has 1 aliphatic rings. The summed E-state index contributed by atoms with van der Waals surface area (Å²) in [5.41, 5.74) is 11.3. The predicted molar refractivity (Wildman–Crippen MR) is 128 cm³/mol. The van der Waals surface area contributed by atoms with Crippen LogP contribution in [-0.2, 0) is 0 Å². The highest BCUT2D eigenvalue weighted by atomic mass is 35.5. The van der Waals surface area contributed by atoms with Crippen LogP contribution in [0.3, 0.4) is 0 Å². The van der Waals surface area contributed by atoms with Crippen molar-refractivity contribution in [2.75, 3.05) is 17.2 Å². The fraction of sp³-hybridized carbons (Fsp3) is 0.500. The fourth-order valence-corrected chi connectivity index (χ4v) is 5.06. The van der Waals surface area contributed by atoms with Crippen LogP contribution in [0, 0.1) is 5.92 Å². The highest BCUT2D eigenvalue weighted by molar-refractivity contribution is 7.97. The molecule has 1 fully saturated rings. The molecule has 2 aromatic rings. The van der Waals surface area contributed by atoms with Crippen LogP contribution in [-0.4, -0.2) is 22.6 Å². The van der Waals surface area contributed by atoms with Crippen molar-refractivity contribution in [3.8, 4) is 0 Å². The van der Waals surface area contributed by atoms with Crippen molar-refractivity contribution in [3.05, 3.63) is 38.7 Å². The Morgan fingerprint density at radius 3 is 2.38 bits per heavy atom. The van der Waals surface area contributed by atoms with E-state index in [0.29, 0.717) is 0 Å². The number of carbonyl (C=O) groups is 1. The lowest BCUT2D eigenvalue weighted by Crippen LogP contribution is -2.26. The Morgan fingerprint density at radius 1 is 1.24 bits per heavy atom. The molecule has 0 radical (unpaired) electrons. The molecular formula is C20H28Cl2N4OS2. The van der Waals surface area contributed by atoms with E-state index in [2.05, 4.69) is 23.6 Å². The number of nitrogen functional groups attached to an aromatic ring is 2. The van der Waals surface area contributed by atoms with E-state index in [1.807, 2.05) is 11.9 Å². The van der Waals surface area contributed by atoms with Gasteiger partial charge in [-0.2, -0.15) is 0 Å². The number of nitrogens with zero attached hydrogens (tertiary/aromatic N) is 1. The number of aromatic nitrogens is 1. The van der Waals surface area contributed by atoms with E-state index in [1.165, 1.54) is 37.9 Å². The summed E-state index contributed by atoms with van der Waals surface area (Å²) in [6.45, 7) is 4.55. The average molecular weight is 476 g/mol. The Labute approximate surface area is 191 Å². The molecule has 5 nitrogen and oxygen atoms in total. The number of hydrogen-bond acceptors (Lipinski definition) is 7. The topological polar surface area (TPSA) is 94.0 Å². The third-order valence-corrected chi connectivity index (χ3v) is 7.20. The molecule has 1 aromatic heterocycles. The number of ketones is 1. The van der Waals surface area contributed by atoms with Crippen molar-refractivity contribution in [1.82, 2.24) is 9.71 Å². The molecule has 0 aliphatic heterocycles. The third-order valence-electron chi connectivity index (χ3n) is 4.34. The van der Waals surface area contributed by atoms with E-state index < -0.39 is 0 Å². The minimum absolute atomic E-state index is 0.0912. The number of anilines is 2. The first kappa shape index (κ1) is 24.3. The second-order valence-corrected chi connectivity index (χ2v) is 10.1. The number of rotatable bonds is 6. The molecule has 1 aliphatic carbocycles. The third kappa shape index (κ3) is 7.64. The first-order valence-electron chi connectivity index (χ1n) is 9.67. The van der Waals surface area contributed by atoms with Gasteiger partial charge in [0.25, 0.3) is 0 Å². The van der Waals surface area contributed by atoms with Crippen molar-refractivity contribution in [1.29, 1.82) is 0 Å². The van der Waals surface area contributed by atoms with Gasteiger partial charge in [-0.1, -0.05) is 85.7 Å². The fourth-order valence-electron chi connectivity index (χ4n) is 2.89. The van der Waals surface area contributed by atoms with Gasteiger partial charge in [0.2, 0.25) is 5.78 Å². The van der Waals surface area contributed by atoms with E-state index >= 15 is 0 Å². The molecule has 9 heteroatoms. The summed E-state index contributed by atoms with van der Waals surface area (Å²) in [4.78, 5) is 16.2. The van der Waals surface area contributed by atoms with Gasteiger partial charge in [0.05, 0.1) is 15.6 Å². The van der Waals surface area contributed by atoms with Crippen molar-refractivity contribution < 1.29 is 4.79 Å². The monoisotopic (exact) mass is 474 g/mol. The normalized spacial score (nSPS) is 14.5. The highest BCUT2D eigenvalue weighted by Crippen LogP contribution is 2.31. The molecule has 1 saturated carbocycles. The lowest BCUT2D eigenvalue weighted by Gasteiger charge is -2.22. The molecule has 3 rings (SSSR count). The van der Waals surface area contributed by atoms with Gasteiger partial charge in [-0.05, 0) is 30.9 Å². The Balaban J connectivity index is 0.000000221. The van der Waals surface area contributed by atoms with Crippen LogP contribution in [0.25, 0.3) is 0 Å². The molecule has 29 heavy (non-hydrogen) atoms. The largest absolute Gasteiger partial charge is 0.382 e. The maximum atomic E-state index is 12.2. The summed E-state index contributed by atoms with van der Waals surface area (Å²) in [6.07, 6.45) is 7.10. The summed E-state index contributed by atoms with van der Waals surface area (Å²) in [7, 11) is 0. The van der Waals surface area contributed by atoms with E-state index in [0.717, 1.165) is 23.3 Å². The predicted octanol–water partition coefficient (Wildman–Crippen LogP) is 6.06. The van der Waals surface area contributed by atoms with Gasteiger partial charge in [0.15, 0.2) is 5.13 Å². The molecule has 5 N–H and O–H groups in total. The van der Waals surface area contributed by atoms with Gasteiger partial charge in [-0.15, -0.1) is 0 Å². The number of hydrogen-bond donors (Lipinski definition) is 3. The molecular weight excluding hydrogens is 447 g/mol. The smallest absolute Gasteiger partial charge is 0.209 e. The maximum Gasteiger partial charge on any atom is 0.209 e. The van der Waals surface area contributed by atoms with Crippen LogP contribution in [0.1, 0.15) is 61.2 Å². The van der Waals surface area contributed by atoms with Crippen LogP contribution >= 0.6 is 46.5 Å². The van der Waals surface area contributed by atoms with E-state index in [9.17, 15) is 4.79 Å². The minimum Gasteiger partial charge on any atom is -0.382 e. The number of benzene rings is 1. The van der Waals surface area contributed by atoms with Crippen LogP contribution in [0.4, 0.5) is 10.9 Å². The Hall–Kier alpha value is -0.990. The molecule has 0 unspecified atom stereocenters. The molecule has 160 valence electrons. The molecule has 0 atom stereocenters. The zero-order chi connectivity index (χ0) is 21.4. The number of nitrogens with two attached hydrogens (primary N) is 2. The van der Waals surface area contributed by atoms with Crippen molar-refractivity contribution in [2.24, 2.45) is 5.92 Å². The molecule has 0 saturated heterocycles. The van der Waals surface area contributed by atoms with Crippen molar-refractivity contribution in [2.45, 2.75) is 52.0 Å². The first-order chi connectivity index (χ1) is 13.8. The number of thiazole rings is 1. The van der Waals surface area contributed by atoms with Gasteiger partial charge in [0.1, 0.15) is 10.7 Å². The van der Waals surface area contributed by atoms with Crippen LogP contribution in [0.5, 0.6) is 0 Å². The van der Waals surface area contributed by atoms with Crippen molar-refractivity contribution in [3.63, 3.8) is 0 Å². The van der Waals surface area contributed by atoms with Crippen LogP contribution < -0.4 is 16.2 Å². The van der Waals surface area contributed by atoms with Gasteiger partial charge in [0, 0.05) is 11.8 Å². The lowest BCUT2D eigenvalue weighted by molar-refractivity contribution is 0.104. The minimum atomic E-state index is -0.368. The summed E-state index contributed by atoms with van der Waals surface area (Å²) in [6, 6.07) is 5.64.